The van der Waals surface area contributed by atoms with Gasteiger partial charge in [-0.25, -0.2) is 0 Å². The third-order valence-electron chi connectivity index (χ3n) is 12.2. The zero-order valence-corrected chi connectivity index (χ0v) is 26.8. The quantitative estimate of drug-likeness (QED) is 0.300. The second-order valence-electron chi connectivity index (χ2n) is 12.9. The molecule has 1 N–H and O–H groups in total. The Bertz CT molecular complexity index is 833. The average Bonchev–Trinajstić information content (AvgIpc) is 3.28. The molecule has 4 saturated carbocycles. The maximum absolute atomic E-state index is 11.5. The first kappa shape index (κ1) is 33.8. The van der Waals surface area contributed by atoms with E-state index in [4.69, 9.17) is 0 Å². The number of aliphatic carboxylic acids is 1. The van der Waals surface area contributed by atoms with Gasteiger partial charge in [0.05, 0.1) is 0 Å². The molecular weight excluding hydrogens is 452 g/mol. The van der Waals surface area contributed by atoms with Gasteiger partial charge in [0.1, 0.15) is 0 Å². The lowest BCUT2D eigenvalue weighted by Crippen LogP contribution is -2.47. The van der Waals surface area contributed by atoms with Gasteiger partial charge in [-0.15, -0.1) is 12.8 Å². The summed E-state index contributed by atoms with van der Waals surface area (Å²) in [5, 5.41) is 9.47. The zero-order valence-electron chi connectivity index (χ0n) is 26.8. The Morgan fingerprint density at radius 3 is 2.00 bits per heavy atom. The van der Waals surface area contributed by atoms with E-state index in [0.717, 1.165) is 11.8 Å². The highest BCUT2D eigenvalue weighted by molar-refractivity contribution is 5.67. The minimum absolute atomic E-state index is 0.128. The van der Waals surface area contributed by atoms with Crippen molar-refractivity contribution in [1.82, 2.24) is 0 Å². The molecule has 5 aliphatic rings. The maximum Gasteiger partial charge on any atom is 0.303 e. The summed E-state index contributed by atoms with van der Waals surface area (Å²) in [6.07, 6.45) is 20.4. The smallest absolute Gasteiger partial charge is 0.303 e. The van der Waals surface area contributed by atoms with E-state index in [9.17, 15) is 9.90 Å². The van der Waals surface area contributed by atoms with Crippen molar-refractivity contribution in [2.24, 2.45) is 44.8 Å². The van der Waals surface area contributed by atoms with Gasteiger partial charge in [0.2, 0.25) is 0 Å². The van der Waals surface area contributed by atoms with Crippen LogP contribution in [-0.2, 0) is 4.79 Å². The fourth-order valence-corrected chi connectivity index (χ4v) is 10.4. The fourth-order valence-electron chi connectivity index (χ4n) is 10.4. The van der Waals surface area contributed by atoms with Gasteiger partial charge in [-0.2, -0.15) is 0 Å². The number of terminal acetylenes is 1. The molecule has 37 heavy (non-hydrogen) atoms. The molecule has 0 aromatic rings. The Labute approximate surface area is 231 Å². The Kier molecular flexibility index (Phi) is 11.2. The van der Waals surface area contributed by atoms with Crippen LogP contribution in [-0.4, -0.2) is 11.1 Å². The predicted molar refractivity (Wildman–Crippen MR) is 161 cm³/mol. The molecule has 0 aromatic carbocycles. The van der Waals surface area contributed by atoms with E-state index in [1.54, 1.807) is 5.57 Å². The van der Waals surface area contributed by atoms with Crippen LogP contribution in [0.15, 0.2) is 11.1 Å². The molecule has 5 rings (SSSR count). The fraction of sp³-hybridized carbons (Fsp3) is 0.857. The van der Waals surface area contributed by atoms with Crippen molar-refractivity contribution >= 4 is 5.97 Å². The number of hydrogen-bond acceptors (Lipinski definition) is 1. The lowest BCUT2D eigenvalue weighted by molar-refractivity contribution is -0.139. The van der Waals surface area contributed by atoms with Crippen molar-refractivity contribution in [2.45, 2.75) is 147 Å². The Hall–Kier alpha value is -1.23. The number of allylic oxidation sites excluding steroid dienone is 2. The third-order valence-corrected chi connectivity index (χ3v) is 12.2. The lowest BCUT2D eigenvalue weighted by atomic mass is 9.49. The molecule has 0 radical (unpaired) electrons. The van der Waals surface area contributed by atoms with Gasteiger partial charge in [-0.3, -0.25) is 4.79 Å². The van der Waals surface area contributed by atoms with Crippen LogP contribution in [0.4, 0.5) is 0 Å². The first-order chi connectivity index (χ1) is 17.5. The number of carboxylic acids is 1. The van der Waals surface area contributed by atoms with E-state index < -0.39 is 5.97 Å². The average molecular weight is 515 g/mol. The molecule has 0 bridgehead atoms. The van der Waals surface area contributed by atoms with Crippen molar-refractivity contribution in [3.63, 3.8) is 0 Å². The molecule has 2 nitrogen and oxygen atoms in total. The SMILES string of the molecule is C#C.CC.CC.CC.C[C@H](CC(=O)O)C1(C)CCC2=C3CCC4C(C)(C)CCCC45[C@@H](C)C35CCC21C. The highest BCUT2D eigenvalue weighted by Crippen LogP contribution is 2.88. The summed E-state index contributed by atoms with van der Waals surface area (Å²) in [4.78, 5) is 11.5. The van der Waals surface area contributed by atoms with E-state index in [0.29, 0.717) is 22.7 Å². The van der Waals surface area contributed by atoms with Crippen LogP contribution in [0.2, 0.25) is 0 Å². The predicted octanol–water partition coefficient (Wildman–Crippen LogP) is 10.6. The zero-order chi connectivity index (χ0) is 29.0. The number of carboxylic acid groups (broad SMARTS) is 1. The first-order valence-corrected chi connectivity index (χ1v) is 15.8. The van der Waals surface area contributed by atoms with E-state index in [1.807, 2.05) is 47.1 Å². The normalized spacial score (nSPS) is 40.4. The van der Waals surface area contributed by atoms with Crippen molar-refractivity contribution in [3.05, 3.63) is 11.1 Å². The van der Waals surface area contributed by atoms with Crippen molar-refractivity contribution in [1.29, 1.82) is 0 Å². The molecule has 0 aliphatic heterocycles. The van der Waals surface area contributed by atoms with E-state index in [-0.39, 0.29) is 16.7 Å². The molecule has 0 aromatic heterocycles. The summed E-state index contributed by atoms with van der Waals surface area (Å²) in [6, 6.07) is 0. The molecule has 2 heteroatoms. The summed E-state index contributed by atoms with van der Waals surface area (Å²) in [6.45, 7) is 26.9. The van der Waals surface area contributed by atoms with Crippen LogP contribution in [0.1, 0.15) is 147 Å². The minimum Gasteiger partial charge on any atom is -0.481 e. The largest absolute Gasteiger partial charge is 0.481 e. The second kappa shape index (κ2) is 12.3. The van der Waals surface area contributed by atoms with Crippen molar-refractivity contribution < 1.29 is 9.90 Å². The summed E-state index contributed by atoms with van der Waals surface area (Å²) in [5.74, 6) is 1.38. The highest BCUT2D eigenvalue weighted by Gasteiger charge is 2.81. The molecule has 7 atom stereocenters. The van der Waals surface area contributed by atoms with Gasteiger partial charge in [0.25, 0.3) is 0 Å². The number of hydrogen-bond donors (Lipinski definition) is 1. The highest BCUT2D eigenvalue weighted by atomic mass is 16.4. The lowest BCUT2D eigenvalue weighted by Gasteiger charge is -2.55. The van der Waals surface area contributed by atoms with E-state index in [1.165, 1.54) is 57.8 Å². The number of carbonyl (C=O) groups is 1. The van der Waals surface area contributed by atoms with Crippen molar-refractivity contribution in [3.8, 4) is 12.8 Å². The summed E-state index contributed by atoms with van der Waals surface area (Å²) >= 11 is 0. The van der Waals surface area contributed by atoms with Crippen LogP contribution in [0.3, 0.4) is 0 Å². The van der Waals surface area contributed by atoms with Gasteiger partial charge in [0, 0.05) is 11.8 Å². The second-order valence-corrected chi connectivity index (χ2v) is 12.9. The van der Waals surface area contributed by atoms with Crippen LogP contribution in [0, 0.1) is 57.7 Å². The summed E-state index contributed by atoms with van der Waals surface area (Å²) < 4.78 is 0. The van der Waals surface area contributed by atoms with Gasteiger partial charge >= 0.3 is 5.97 Å². The van der Waals surface area contributed by atoms with Gasteiger partial charge < -0.3 is 5.11 Å². The first-order valence-electron chi connectivity index (χ1n) is 15.8. The molecule has 5 unspecified atom stereocenters. The molecule has 214 valence electrons. The standard InChI is InChI=1S/C27H42O2.3C2H6.C2H2/c1-17(16-22(28)29)24(5)13-10-19-20-8-9-21-23(3,4)11-7-12-27(21)18(2)26(20,27)15-14-25(19,24)6;4*1-2/h17-18,21H,7-16H2,1-6H3,(H,28,29);3*1-2H3;1-2H/t17-,18+,21?,24?,25?,26?,27?;;;;/m1..../s1. The molecule has 0 saturated heterocycles. The molecule has 0 heterocycles. The molecular formula is C35H62O2. The van der Waals surface area contributed by atoms with Gasteiger partial charge in [0.15, 0.2) is 0 Å². The Morgan fingerprint density at radius 1 is 0.892 bits per heavy atom. The van der Waals surface area contributed by atoms with Crippen LogP contribution in [0.5, 0.6) is 0 Å². The van der Waals surface area contributed by atoms with E-state index in [2.05, 4.69) is 54.4 Å². The number of rotatable bonds is 3. The monoisotopic (exact) mass is 514 g/mol. The van der Waals surface area contributed by atoms with Crippen molar-refractivity contribution in [2.75, 3.05) is 0 Å². The molecule has 0 amide bonds. The Morgan fingerprint density at radius 2 is 1.46 bits per heavy atom. The maximum atomic E-state index is 11.5. The number of fused-ring (bicyclic) bond motifs is 1. The summed E-state index contributed by atoms with van der Waals surface area (Å²) in [7, 11) is 0. The molecule has 2 spiro atoms. The Balaban J connectivity index is 0.000000784. The summed E-state index contributed by atoms with van der Waals surface area (Å²) in [5.41, 5.74) is 5.62. The van der Waals surface area contributed by atoms with E-state index >= 15 is 0 Å². The minimum atomic E-state index is -0.629. The third kappa shape index (κ3) is 4.53. The van der Waals surface area contributed by atoms with Crippen LogP contribution < -0.4 is 0 Å². The van der Waals surface area contributed by atoms with Crippen LogP contribution in [0.25, 0.3) is 0 Å². The van der Waals surface area contributed by atoms with Crippen LogP contribution >= 0.6 is 0 Å². The molecule has 4 fully saturated rings. The van der Waals surface area contributed by atoms with Gasteiger partial charge in [-0.05, 0) is 90.8 Å². The van der Waals surface area contributed by atoms with Gasteiger partial charge in [-0.1, -0.05) is 101 Å². The molecule has 5 aliphatic carbocycles. The topological polar surface area (TPSA) is 37.3 Å².